The number of aliphatic hydroxyl groups excluding tert-OH is 1. The van der Waals surface area contributed by atoms with E-state index in [1.54, 1.807) is 19.1 Å². The molecule has 0 saturated heterocycles. The summed E-state index contributed by atoms with van der Waals surface area (Å²) in [4.78, 5) is 48.6. The van der Waals surface area contributed by atoms with Crippen molar-refractivity contribution >= 4 is 40.8 Å². The number of carboxylic acids is 4. The lowest BCUT2D eigenvalue weighted by atomic mass is 9.85. The molecular formula is C36H32F2N2O13. The molecule has 5 rings (SSSR count). The first-order valence-corrected chi connectivity index (χ1v) is 15.7. The number of anilines is 2. The Balaban J connectivity index is 1.55. The number of aliphatic carboxylic acids is 4. The Morgan fingerprint density at radius 1 is 0.755 bits per heavy atom. The number of aliphatic hydroxyl groups is 1. The van der Waals surface area contributed by atoms with Crippen LogP contribution in [0.3, 0.4) is 0 Å². The second-order valence-electron chi connectivity index (χ2n) is 11.9. The van der Waals surface area contributed by atoms with Crippen molar-refractivity contribution < 1.29 is 72.8 Å². The molecule has 0 aromatic heterocycles. The Kier molecular flexibility index (Phi) is 11.1. The number of fused-ring (bicyclic) bond motifs is 2. The summed E-state index contributed by atoms with van der Waals surface area (Å²) in [5.41, 5.74) is 1.54. The van der Waals surface area contributed by atoms with E-state index in [2.05, 4.69) is 0 Å². The van der Waals surface area contributed by atoms with Crippen molar-refractivity contribution in [3.05, 3.63) is 100 Å². The fourth-order valence-electron chi connectivity index (χ4n) is 5.82. The molecule has 0 radical (unpaired) electrons. The van der Waals surface area contributed by atoms with Crippen LogP contribution >= 0.6 is 0 Å². The predicted octanol–water partition coefficient (Wildman–Crippen LogP) is 4.12. The van der Waals surface area contributed by atoms with Gasteiger partial charge in [0.05, 0.1) is 11.4 Å². The van der Waals surface area contributed by atoms with Gasteiger partial charge in [0, 0.05) is 28.9 Å². The minimum absolute atomic E-state index is 0.0121. The van der Waals surface area contributed by atoms with Gasteiger partial charge in [-0.2, -0.15) is 0 Å². The number of aromatic hydroxyl groups is 1. The van der Waals surface area contributed by atoms with Crippen LogP contribution in [0.1, 0.15) is 16.7 Å². The van der Waals surface area contributed by atoms with Gasteiger partial charge in [0.1, 0.15) is 62.7 Å². The van der Waals surface area contributed by atoms with Gasteiger partial charge < -0.3 is 54.6 Å². The molecule has 0 spiro atoms. The number of nitrogens with zero attached hydrogens (tertiary/aromatic N) is 2. The van der Waals surface area contributed by atoms with E-state index >= 15 is 0 Å². The van der Waals surface area contributed by atoms with E-state index in [9.17, 15) is 58.6 Å². The second-order valence-corrected chi connectivity index (χ2v) is 11.9. The van der Waals surface area contributed by atoms with Crippen LogP contribution in [0.25, 0.3) is 5.57 Å². The number of allylic oxidation sites excluding steroid dienone is 1. The van der Waals surface area contributed by atoms with E-state index in [4.69, 9.17) is 14.2 Å². The summed E-state index contributed by atoms with van der Waals surface area (Å²) in [6.07, 6.45) is 0.982. The summed E-state index contributed by atoms with van der Waals surface area (Å²) in [6.45, 7) is -1.60. The third-order valence-corrected chi connectivity index (χ3v) is 7.95. The standard InChI is InChI=1S/C36H32F2N2O13/c1-18-2-4-24(39(14-32(43)44)15-33(45)46)30(8-18)51-6-7-52-31-9-19(3-5-25(31)40(16-34(47)48)17-35(49)50)36-20-10-22(37)26(41)12-28(20)53-29-13-27(42)23(38)11-21(29)36/h2-5,8-13,28,41-42H,6-7,14-17H2,1H3,(H,43,44)(H,45,46)(H,47,48)(H,49,50). The first-order chi connectivity index (χ1) is 25.1. The van der Waals surface area contributed by atoms with Gasteiger partial charge in [0.15, 0.2) is 23.2 Å². The highest BCUT2D eigenvalue weighted by atomic mass is 19.1. The van der Waals surface area contributed by atoms with Crippen molar-refractivity contribution in [1.29, 1.82) is 0 Å². The molecule has 1 unspecified atom stereocenters. The van der Waals surface area contributed by atoms with Crippen LogP contribution in [0, 0.1) is 12.7 Å². The molecular weight excluding hydrogens is 706 g/mol. The van der Waals surface area contributed by atoms with Crippen molar-refractivity contribution in [2.75, 3.05) is 49.2 Å². The summed E-state index contributed by atoms with van der Waals surface area (Å²) in [6, 6.07) is 10.9. The van der Waals surface area contributed by atoms with Crippen molar-refractivity contribution in [1.82, 2.24) is 0 Å². The first kappa shape index (κ1) is 37.5. The molecule has 2 aliphatic rings. The molecule has 0 amide bonds. The van der Waals surface area contributed by atoms with Gasteiger partial charge in [-0.1, -0.05) is 12.1 Å². The molecule has 1 heterocycles. The fourth-order valence-corrected chi connectivity index (χ4v) is 5.82. The number of halogens is 2. The molecule has 278 valence electrons. The zero-order valence-electron chi connectivity index (χ0n) is 27.8. The Morgan fingerprint density at radius 3 is 1.83 bits per heavy atom. The maximum atomic E-state index is 14.7. The summed E-state index contributed by atoms with van der Waals surface area (Å²) in [5, 5.41) is 58.0. The summed E-state index contributed by atoms with van der Waals surface area (Å²) in [5.74, 6) is -8.73. The summed E-state index contributed by atoms with van der Waals surface area (Å²) in [7, 11) is 0. The lowest BCUT2D eigenvalue weighted by Gasteiger charge is -2.31. The molecule has 53 heavy (non-hydrogen) atoms. The summed E-state index contributed by atoms with van der Waals surface area (Å²) >= 11 is 0. The van der Waals surface area contributed by atoms with Crippen molar-refractivity contribution in [3.63, 3.8) is 0 Å². The second kappa shape index (κ2) is 15.6. The van der Waals surface area contributed by atoms with E-state index in [0.29, 0.717) is 5.56 Å². The van der Waals surface area contributed by atoms with Gasteiger partial charge in [-0.05, 0) is 54.5 Å². The topological polar surface area (TPSA) is 224 Å². The van der Waals surface area contributed by atoms with Crippen LogP contribution in [-0.4, -0.2) is 100 Å². The van der Waals surface area contributed by atoms with Crippen molar-refractivity contribution in [2.24, 2.45) is 0 Å². The highest BCUT2D eigenvalue weighted by Gasteiger charge is 2.33. The molecule has 6 N–H and O–H groups in total. The van der Waals surface area contributed by atoms with Gasteiger partial charge in [0.2, 0.25) is 0 Å². The number of carbonyl (C=O) groups is 4. The summed E-state index contributed by atoms with van der Waals surface area (Å²) < 4.78 is 47.2. The van der Waals surface area contributed by atoms with Crippen LogP contribution in [0.5, 0.6) is 23.0 Å². The van der Waals surface area contributed by atoms with E-state index in [-0.39, 0.29) is 64.1 Å². The number of rotatable bonds is 16. The number of phenols is 1. The molecule has 1 aliphatic carbocycles. The maximum Gasteiger partial charge on any atom is 0.323 e. The molecule has 0 fully saturated rings. The third kappa shape index (κ3) is 8.76. The average molecular weight is 739 g/mol. The first-order valence-electron chi connectivity index (χ1n) is 15.7. The largest absolute Gasteiger partial charge is 0.505 e. The zero-order chi connectivity index (χ0) is 38.6. The van der Waals surface area contributed by atoms with Crippen LogP contribution < -0.4 is 24.0 Å². The molecule has 3 aromatic rings. The minimum atomic E-state index is -1.36. The lowest BCUT2D eigenvalue weighted by Crippen LogP contribution is -2.35. The molecule has 1 aliphatic heterocycles. The SMILES string of the molecule is Cc1ccc(N(CC(=O)O)CC(=O)O)c(OCCOc2cc(C3=C4C=C(F)C(O)=CC4Oc4cc(O)c(F)cc43)ccc2N(CC(=O)O)CC(=O)O)c1. The van der Waals surface area contributed by atoms with E-state index in [0.717, 1.165) is 34.1 Å². The number of aryl methyl sites for hydroxylation is 1. The zero-order valence-corrected chi connectivity index (χ0v) is 27.8. The number of phenolic OH excluding ortho intramolecular Hbond substituents is 1. The van der Waals surface area contributed by atoms with E-state index < -0.39 is 79.3 Å². The average Bonchev–Trinajstić information content (AvgIpc) is 3.06. The predicted molar refractivity (Wildman–Crippen MR) is 182 cm³/mol. The number of benzene rings is 3. The number of ether oxygens (including phenoxy) is 3. The normalized spacial score (nSPS) is 14.5. The number of hydrogen-bond donors (Lipinski definition) is 6. The maximum absolute atomic E-state index is 14.7. The Bertz CT molecular complexity index is 2050. The molecule has 17 heteroatoms. The molecule has 3 aromatic carbocycles. The molecule has 0 saturated carbocycles. The molecule has 15 nitrogen and oxygen atoms in total. The Morgan fingerprint density at radius 2 is 1.28 bits per heavy atom. The van der Waals surface area contributed by atoms with Gasteiger partial charge in [-0.3, -0.25) is 19.2 Å². The van der Waals surface area contributed by atoms with Gasteiger partial charge in [-0.15, -0.1) is 0 Å². The fraction of sp³-hybridized carbons (Fsp3) is 0.222. The van der Waals surface area contributed by atoms with E-state index in [1.165, 1.54) is 24.3 Å². The van der Waals surface area contributed by atoms with Crippen LogP contribution in [0.4, 0.5) is 20.2 Å². The van der Waals surface area contributed by atoms with Crippen molar-refractivity contribution in [3.8, 4) is 23.0 Å². The minimum Gasteiger partial charge on any atom is -0.505 e. The quantitative estimate of drug-likeness (QED) is 0.114. The highest BCUT2D eigenvalue weighted by molar-refractivity contribution is 5.91. The monoisotopic (exact) mass is 738 g/mol. The van der Waals surface area contributed by atoms with Gasteiger partial charge in [-0.25, -0.2) is 8.78 Å². The molecule has 1 atom stereocenters. The smallest absolute Gasteiger partial charge is 0.323 e. The van der Waals surface area contributed by atoms with Crippen LogP contribution in [0.2, 0.25) is 0 Å². The van der Waals surface area contributed by atoms with Crippen LogP contribution in [-0.2, 0) is 19.2 Å². The number of hydrogen-bond acceptors (Lipinski definition) is 11. The molecule has 0 bridgehead atoms. The van der Waals surface area contributed by atoms with Crippen LogP contribution in [0.15, 0.2) is 77.8 Å². The lowest BCUT2D eigenvalue weighted by molar-refractivity contribution is -0.138. The number of carboxylic acid groups (broad SMARTS) is 4. The van der Waals surface area contributed by atoms with Gasteiger partial charge >= 0.3 is 23.9 Å². The third-order valence-electron chi connectivity index (χ3n) is 7.95. The van der Waals surface area contributed by atoms with E-state index in [1.807, 2.05) is 0 Å². The van der Waals surface area contributed by atoms with Crippen molar-refractivity contribution in [2.45, 2.75) is 13.0 Å². The highest BCUT2D eigenvalue weighted by Crippen LogP contribution is 2.46. The van der Waals surface area contributed by atoms with Gasteiger partial charge in [0.25, 0.3) is 0 Å². The Labute approximate surface area is 299 Å². The Hall–Kier alpha value is -6.78.